The number of hydrogen-bond acceptors (Lipinski definition) is 4. The van der Waals surface area contributed by atoms with Gasteiger partial charge in [0.2, 0.25) is 5.91 Å². The molecule has 5 heteroatoms. The van der Waals surface area contributed by atoms with Crippen molar-refractivity contribution in [3.05, 3.63) is 0 Å². The average molecular weight is 417 g/mol. The molecule has 1 atom stereocenters. The smallest absolute Gasteiger partial charge is 0.217 e. The largest absolute Gasteiger partial charge is 0.393 e. The number of nitrogens with two attached hydrogens (primary N) is 1. The van der Waals surface area contributed by atoms with Crippen LogP contribution >= 0.6 is 0 Å². The molecule has 0 spiro atoms. The Hall–Kier alpha value is -0.650. The highest BCUT2D eigenvalue weighted by Gasteiger charge is 2.03. The van der Waals surface area contributed by atoms with E-state index in [1.807, 2.05) is 13.8 Å². The minimum absolute atomic E-state index is 0.0735. The van der Waals surface area contributed by atoms with Gasteiger partial charge in [0.25, 0.3) is 0 Å². The quantitative estimate of drug-likeness (QED) is 0.167. The molecule has 0 fully saturated rings. The van der Waals surface area contributed by atoms with Crippen LogP contribution < -0.4 is 11.2 Å². The van der Waals surface area contributed by atoms with Gasteiger partial charge in [-0.2, -0.15) is 0 Å². The first-order chi connectivity index (χ1) is 13.9. The van der Waals surface area contributed by atoms with Crippen LogP contribution in [0.2, 0.25) is 0 Å². The molecule has 0 heterocycles. The van der Waals surface area contributed by atoms with Gasteiger partial charge < -0.3 is 10.8 Å². The van der Waals surface area contributed by atoms with Crippen molar-refractivity contribution < 1.29 is 14.7 Å². The van der Waals surface area contributed by atoms with E-state index in [2.05, 4.69) is 19.3 Å². The Morgan fingerprint density at radius 3 is 1.76 bits per heavy atom. The monoisotopic (exact) mass is 416 g/mol. The van der Waals surface area contributed by atoms with Gasteiger partial charge in [-0.3, -0.25) is 9.63 Å². The summed E-state index contributed by atoms with van der Waals surface area (Å²) in [5.41, 5.74) is 7.93. The van der Waals surface area contributed by atoms with Crippen molar-refractivity contribution in [1.29, 1.82) is 0 Å². The molecule has 0 saturated carbocycles. The maximum Gasteiger partial charge on any atom is 0.217 e. The van der Waals surface area contributed by atoms with Crippen molar-refractivity contribution in [3.8, 4) is 0 Å². The zero-order chi connectivity index (χ0) is 22.2. The van der Waals surface area contributed by atoms with Crippen LogP contribution in [-0.4, -0.2) is 29.8 Å². The van der Waals surface area contributed by atoms with Crippen LogP contribution in [0.3, 0.4) is 0 Å². The Morgan fingerprint density at radius 2 is 1.31 bits per heavy atom. The van der Waals surface area contributed by atoms with Gasteiger partial charge in [-0.1, -0.05) is 84.5 Å². The molecule has 0 rings (SSSR count). The van der Waals surface area contributed by atoms with Crippen LogP contribution in [0.5, 0.6) is 0 Å². The number of nitrogens with one attached hydrogen (secondary N) is 1. The summed E-state index contributed by atoms with van der Waals surface area (Å²) in [5, 5.41) is 9.86. The molecular formula is C24H52N2O3. The molecule has 1 amide bonds. The number of aliphatic hydroxyl groups excluding tert-OH is 1. The summed E-state index contributed by atoms with van der Waals surface area (Å²) < 4.78 is 0. The van der Waals surface area contributed by atoms with E-state index >= 15 is 0 Å². The molecule has 0 aliphatic carbocycles. The summed E-state index contributed by atoms with van der Waals surface area (Å²) in [6.45, 7) is 9.27. The van der Waals surface area contributed by atoms with Crippen LogP contribution in [0.1, 0.15) is 130 Å². The Kier molecular flexibility index (Phi) is 26.7. The van der Waals surface area contributed by atoms with Crippen LogP contribution in [0, 0.1) is 0 Å². The van der Waals surface area contributed by atoms with E-state index < -0.39 is 0 Å². The summed E-state index contributed by atoms with van der Waals surface area (Å²) in [6, 6.07) is 0. The summed E-state index contributed by atoms with van der Waals surface area (Å²) in [7, 11) is 0. The number of rotatable bonds is 20. The third kappa shape index (κ3) is 32.2. The molecule has 0 bridgehead atoms. The molecule has 0 aromatic carbocycles. The first-order valence-electron chi connectivity index (χ1n) is 12.3. The lowest BCUT2D eigenvalue weighted by molar-refractivity contribution is -0.118. The number of aliphatic hydroxyl groups is 1. The van der Waals surface area contributed by atoms with Crippen molar-refractivity contribution in [2.45, 2.75) is 143 Å². The lowest BCUT2D eigenvalue weighted by Gasteiger charge is -2.10. The second kappa shape index (κ2) is 25.4. The van der Waals surface area contributed by atoms with E-state index in [-0.39, 0.29) is 12.0 Å². The number of hydrogen-bond donors (Lipinski definition) is 3. The minimum Gasteiger partial charge on any atom is -0.393 e. The molecular weight excluding hydrogens is 364 g/mol. The molecule has 176 valence electrons. The molecule has 0 aliphatic rings. The summed E-state index contributed by atoms with van der Waals surface area (Å²) in [5.74, 6) is -0.178. The van der Waals surface area contributed by atoms with Gasteiger partial charge in [0, 0.05) is 13.0 Å². The maximum absolute atomic E-state index is 10.6. The van der Waals surface area contributed by atoms with Crippen LogP contribution in [-0.2, 0) is 9.63 Å². The van der Waals surface area contributed by atoms with Crippen molar-refractivity contribution in [1.82, 2.24) is 5.48 Å². The molecule has 0 radical (unpaired) electrons. The number of primary amides is 1. The number of carbonyl (C=O) groups is 1. The predicted octanol–water partition coefficient (Wildman–Crippen LogP) is 6.03. The molecule has 4 N–H and O–H groups in total. The van der Waals surface area contributed by atoms with E-state index in [9.17, 15) is 9.90 Å². The van der Waals surface area contributed by atoms with E-state index in [1.54, 1.807) is 0 Å². The Morgan fingerprint density at radius 1 is 0.828 bits per heavy atom. The fourth-order valence-electron chi connectivity index (χ4n) is 3.02. The number of amides is 1. The highest BCUT2D eigenvalue weighted by Crippen LogP contribution is 2.14. The van der Waals surface area contributed by atoms with E-state index in [0.29, 0.717) is 12.5 Å². The first-order valence-corrected chi connectivity index (χ1v) is 12.3. The third-order valence-electron chi connectivity index (χ3n) is 4.77. The van der Waals surface area contributed by atoms with Crippen molar-refractivity contribution in [3.63, 3.8) is 0 Å². The molecule has 1 unspecified atom stereocenters. The fraction of sp³-hybridized carbons (Fsp3) is 0.958. The Bertz CT molecular complexity index is 325. The topological polar surface area (TPSA) is 84.6 Å². The molecule has 0 aromatic heterocycles. The second-order valence-corrected chi connectivity index (χ2v) is 8.40. The van der Waals surface area contributed by atoms with Gasteiger partial charge in [-0.05, 0) is 39.5 Å². The molecule has 0 aliphatic heterocycles. The standard InChI is InChI=1S/C18H37NO2.C6H15NO/c1-2-3-4-11-14-17(20)15-12-9-7-5-6-8-10-13-16-18(19)21;1-4-5-7-8-6(2)3/h17,20H,2-16H2,1H3,(H2,19,21);6-7H,4-5H2,1-3H3. The molecule has 0 aromatic rings. The van der Waals surface area contributed by atoms with Gasteiger partial charge in [-0.15, -0.1) is 0 Å². The lowest BCUT2D eigenvalue weighted by Crippen LogP contribution is -2.19. The lowest BCUT2D eigenvalue weighted by atomic mass is 10.0. The van der Waals surface area contributed by atoms with Gasteiger partial charge in [0.15, 0.2) is 0 Å². The summed E-state index contributed by atoms with van der Waals surface area (Å²) in [6.07, 6.45) is 18.4. The summed E-state index contributed by atoms with van der Waals surface area (Å²) >= 11 is 0. The zero-order valence-corrected chi connectivity index (χ0v) is 20.0. The minimum atomic E-state index is -0.178. The van der Waals surface area contributed by atoms with Crippen molar-refractivity contribution in [2.75, 3.05) is 6.54 Å². The Labute approximate surface area is 181 Å². The number of hydroxylamine groups is 1. The SMILES string of the molecule is CCCCCCC(O)CCCCCCCCCCC(N)=O.CCCNOC(C)C. The zero-order valence-electron chi connectivity index (χ0n) is 20.0. The highest BCUT2D eigenvalue weighted by atomic mass is 16.7. The summed E-state index contributed by atoms with van der Waals surface area (Å²) in [4.78, 5) is 15.6. The van der Waals surface area contributed by atoms with Crippen molar-refractivity contribution in [2.24, 2.45) is 5.73 Å². The predicted molar refractivity (Wildman–Crippen MR) is 125 cm³/mol. The van der Waals surface area contributed by atoms with Gasteiger partial charge in [0.05, 0.1) is 12.2 Å². The number of carbonyl (C=O) groups excluding carboxylic acids is 1. The van der Waals surface area contributed by atoms with Gasteiger partial charge in [0.1, 0.15) is 0 Å². The first kappa shape index (κ1) is 30.5. The van der Waals surface area contributed by atoms with E-state index in [1.165, 1.54) is 57.8 Å². The third-order valence-corrected chi connectivity index (χ3v) is 4.77. The normalized spacial score (nSPS) is 11.9. The van der Waals surface area contributed by atoms with Crippen LogP contribution in [0.15, 0.2) is 0 Å². The number of unbranched alkanes of at least 4 members (excludes halogenated alkanes) is 10. The van der Waals surface area contributed by atoms with Crippen LogP contribution in [0.4, 0.5) is 0 Å². The Balaban J connectivity index is 0. The van der Waals surface area contributed by atoms with E-state index in [4.69, 9.17) is 10.6 Å². The fourth-order valence-corrected chi connectivity index (χ4v) is 3.02. The molecule has 5 nitrogen and oxygen atoms in total. The van der Waals surface area contributed by atoms with Crippen molar-refractivity contribution >= 4 is 5.91 Å². The van der Waals surface area contributed by atoms with Gasteiger partial charge in [-0.25, -0.2) is 5.48 Å². The highest BCUT2D eigenvalue weighted by molar-refractivity contribution is 5.73. The maximum atomic E-state index is 10.6. The van der Waals surface area contributed by atoms with Crippen LogP contribution in [0.25, 0.3) is 0 Å². The van der Waals surface area contributed by atoms with E-state index in [0.717, 1.165) is 45.1 Å². The van der Waals surface area contributed by atoms with Gasteiger partial charge >= 0.3 is 0 Å². The molecule has 0 saturated heterocycles. The molecule has 29 heavy (non-hydrogen) atoms. The second-order valence-electron chi connectivity index (χ2n) is 8.40. The average Bonchev–Trinajstić information content (AvgIpc) is 2.67.